The van der Waals surface area contributed by atoms with Crippen molar-refractivity contribution >= 4 is 5.91 Å². The van der Waals surface area contributed by atoms with Crippen LogP contribution in [-0.2, 0) is 9.68 Å². The topological polar surface area (TPSA) is 48.0 Å². The molecule has 0 saturated carbocycles. The SMILES string of the molecule is COc1cccc(C(=O)N(OC)OC)c1. The van der Waals surface area contributed by atoms with Crippen LogP contribution in [0.1, 0.15) is 10.4 Å². The first-order valence-electron chi connectivity index (χ1n) is 4.29. The van der Waals surface area contributed by atoms with Crippen LogP contribution in [0.4, 0.5) is 0 Å². The quantitative estimate of drug-likeness (QED) is 0.703. The molecule has 0 unspecified atom stereocenters. The fourth-order valence-corrected chi connectivity index (χ4v) is 1.10. The summed E-state index contributed by atoms with van der Waals surface area (Å²) < 4.78 is 5.00. The van der Waals surface area contributed by atoms with Gasteiger partial charge in [-0.1, -0.05) is 11.3 Å². The molecule has 0 aliphatic carbocycles. The number of ether oxygens (including phenoxy) is 1. The van der Waals surface area contributed by atoms with Crippen LogP contribution in [0.5, 0.6) is 5.75 Å². The second-order valence-electron chi connectivity index (χ2n) is 2.66. The maximum Gasteiger partial charge on any atom is 0.304 e. The molecular formula is C10H13NO4. The number of benzene rings is 1. The van der Waals surface area contributed by atoms with Crippen molar-refractivity contribution in [1.82, 2.24) is 5.23 Å². The summed E-state index contributed by atoms with van der Waals surface area (Å²) in [7, 11) is 4.23. The minimum Gasteiger partial charge on any atom is -0.497 e. The van der Waals surface area contributed by atoms with E-state index >= 15 is 0 Å². The molecule has 1 aromatic rings. The van der Waals surface area contributed by atoms with E-state index in [9.17, 15) is 4.79 Å². The Labute approximate surface area is 88.1 Å². The number of hydroxylamine groups is 2. The second-order valence-corrected chi connectivity index (χ2v) is 2.66. The van der Waals surface area contributed by atoms with E-state index in [4.69, 9.17) is 14.4 Å². The molecule has 0 radical (unpaired) electrons. The van der Waals surface area contributed by atoms with Gasteiger partial charge in [0.05, 0.1) is 21.3 Å². The van der Waals surface area contributed by atoms with Crippen molar-refractivity contribution in [3.05, 3.63) is 29.8 Å². The van der Waals surface area contributed by atoms with Gasteiger partial charge in [0.2, 0.25) is 0 Å². The van der Waals surface area contributed by atoms with Crippen LogP contribution in [-0.4, -0.2) is 32.5 Å². The standard InChI is InChI=1S/C10H13NO4/c1-13-9-6-4-5-8(7-9)10(12)11(14-2)15-3/h4-7H,1-3H3. The molecule has 0 aliphatic rings. The smallest absolute Gasteiger partial charge is 0.304 e. The fraction of sp³-hybridized carbons (Fsp3) is 0.300. The van der Waals surface area contributed by atoms with E-state index in [0.29, 0.717) is 11.3 Å². The lowest BCUT2D eigenvalue weighted by atomic mass is 10.2. The maximum atomic E-state index is 11.7. The number of methoxy groups -OCH3 is 1. The second kappa shape index (κ2) is 5.33. The van der Waals surface area contributed by atoms with Crippen molar-refractivity contribution in [2.24, 2.45) is 0 Å². The summed E-state index contributed by atoms with van der Waals surface area (Å²) >= 11 is 0. The average molecular weight is 211 g/mol. The Bertz CT molecular complexity index is 336. The normalized spacial score (nSPS) is 9.80. The van der Waals surface area contributed by atoms with E-state index in [1.807, 2.05) is 0 Å². The van der Waals surface area contributed by atoms with Crippen LogP contribution in [0.15, 0.2) is 24.3 Å². The lowest BCUT2D eigenvalue weighted by Crippen LogP contribution is -2.28. The maximum absolute atomic E-state index is 11.7. The van der Waals surface area contributed by atoms with E-state index in [1.165, 1.54) is 21.3 Å². The van der Waals surface area contributed by atoms with Crippen molar-refractivity contribution in [3.8, 4) is 5.75 Å². The predicted octanol–water partition coefficient (Wildman–Crippen LogP) is 1.26. The third-order valence-electron chi connectivity index (χ3n) is 1.81. The van der Waals surface area contributed by atoms with Gasteiger partial charge in [0.1, 0.15) is 5.75 Å². The Morgan fingerprint density at radius 1 is 1.20 bits per heavy atom. The number of rotatable bonds is 4. The van der Waals surface area contributed by atoms with Crippen molar-refractivity contribution in [2.45, 2.75) is 0 Å². The third-order valence-corrected chi connectivity index (χ3v) is 1.81. The minimum atomic E-state index is -0.390. The van der Waals surface area contributed by atoms with Crippen molar-refractivity contribution in [1.29, 1.82) is 0 Å². The molecular weight excluding hydrogens is 198 g/mol. The number of hydrogen-bond acceptors (Lipinski definition) is 4. The lowest BCUT2D eigenvalue weighted by molar-refractivity contribution is -0.299. The van der Waals surface area contributed by atoms with Crippen LogP contribution in [0.3, 0.4) is 0 Å². The van der Waals surface area contributed by atoms with E-state index in [-0.39, 0.29) is 5.91 Å². The highest BCUT2D eigenvalue weighted by atomic mass is 16.9. The summed E-state index contributed by atoms with van der Waals surface area (Å²) in [5.74, 6) is 0.215. The summed E-state index contributed by atoms with van der Waals surface area (Å²) in [6, 6.07) is 6.72. The molecule has 15 heavy (non-hydrogen) atoms. The largest absolute Gasteiger partial charge is 0.497 e. The Balaban J connectivity index is 2.90. The molecule has 1 aromatic carbocycles. The number of amides is 1. The summed E-state index contributed by atoms with van der Waals surface area (Å²) in [5, 5.41) is 0.786. The Morgan fingerprint density at radius 2 is 1.87 bits per heavy atom. The zero-order valence-corrected chi connectivity index (χ0v) is 8.89. The molecule has 82 valence electrons. The molecule has 0 spiro atoms. The molecule has 5 heteroatoms. The lowest BCUT2D eigenvalue weighted by Gasteiger charge is -2.15. The highest BCUT2D eigenvalue weighted by Crippen LogP contribution is 2.14. The molecule has 1 amide bonds. The highest BCUT2D eigenvalue weighted by Gasteiger charge is 2.15. The van der Waals surface area contributed by atoms with E-state index < -0.39 is 0 Å². The first-order chi connectivity index (χ1) is 7.22. The number of nitrogens with zero attached hydrogens (tertiary/aromatic N) is 1. The summed E-state index contributed by atoms with van der Waals surface area (Å²) in [4.78, 5) is 21.1. The van der Waals surface area contributed by atoms with Crippen molar-refractivity contribution in [3.63, 3.8) is 0 Å². The zero-order chi connectivity index (χ0) is 11.3. The van der Waals surface area contributed by atoms with Crippen molar-refractivity contribution in [2.75, 3.05) is 21.3 Å². The van der Waals surface area contributed by atoms with Crippen LogP contribution in [0.25, 0.3) is 0 Å². The van der Waals surface area contributed by atoms with E-state index in [1.54, 1.807) is 24.3 Å². The molecule has 0 heterocycles. The fourth-order valence-electron chi connectivity index (χ4n) is 1.10. The molecule has 0 bridgehead atoms. The van der Waals surface area contributed by atoms with Gasteiger partial charge in [0.15, 0.2) is 0 Å². The van der Waals surface area contributed by atoms with Crippen LogP contribution in [0, 0.1) is 0 Å². The van der Waals surface area contributed by atoms with Gasteiger partial charge in [-0.3, -0.25) is 4.79 Å². The van der Waals surface area contributed by atoms with E-state index in [2.05, 4.69) is 0 Å². The predicted molar refractivity (Wildman–Crippen MR) is 53.2 cm³/mol. The first-order valence-corrected chi connectivity index (χ1v) is 4.29. The van der Waals surface area contributed by atoms with Gasteiger partial charge in [-0.2, -0.15) is 0 Å². The van der Waals surface area contributed by atoms with Crippen LogP contribution < -0.4 is 4.74 Å². The number of hydrogen-bond donors (Lipinski definition) is 0. The monoisotopic (exact) mass is 211 g/mol. The van der Waals surface area contributed by atoms with Gasteiger partial charge in [-0.25, -0.2) is 9.68 Å². The summed E-state index contributed by atoms with van der Waals surface area (Å²) in [6.45, 7) is 0. The summed E-state index contributed by atoms with van der Waals surface area (Å²) in [5.41, 5.74) is 0.429. The minimum absolute atomic E-state index is 0.390. The van der Waals surface area contributed by atoms with E-state index in [0.717, 1.165) is 5.23 Å². The van der Waals surface area contributed by atoms with Gasteiger partial charge in [0.25, 0.3) is 0 Å². The first kappa shape index (κ1) is 11.5. The van der Waals surface area contributed by atoms with Crippen LogP contribution >= 0.6 is 0 Å². The molecule has 5 nitrogen and oxygen atoms in total. The number of carbonyl (C=O) groups is 1. The third kappa shape index (κ3) is 2.68. The zero-order valence-electron chi connectivity index (χ0n) is 8.89. The molecule has 0 N–H and O–H groups in total. The van der Waals surface area contributed by atoms with Gasteiger partial charge in [0, 0.05) is 5.56 Å². The van der Waals surface area contributed by atoms with Gasteiger partial charge in [-0.15, -0.1) is 0 Å². The molecule has 0 atom stereocenters. The Kier molecular flexibility index (Phi) is 4.08. The van der Waals surface area contributed by atoms with Gasteiger partial charge < -0.3 is 4.74 Å². The highest BCUT2D eigenvalue weighted by molar-refractivity contribution is 5.93. The molecule has 0 fully saturated rings. The molecule has 0 aliphatic heterocycles. The molecule has 1 rings (SSSR count). The van der Waals surface area contributed by atoms with Crippen LogP contribution in [0.2, 0.25) is 0 Å². The van der Waals surface area contributed by atoms with Gasteiger partial charge >= 0.3 is 5.91 Å². The molecule has 0 aromatic heterocycles. The number of carbonyl (C=O) groups excluding carboxylic acids is 1. The Morgan fingerprint density at radius 3 is 2.40 bits per heavy atom. The van der Waals surface area contributed by atoms with Crippen molar-refractivity contribution < 1.29 is 19.2 Å². The Hall–Kier alpha value is -1.59. The van der Waals surface area contributed by atoms with Gasteiger partial charge in [-0.05, 0) is 18.2 Å². The molecule has 0 saturated heterocycles. The summed E-state index contributed by atoms with van der Waals surface area (Å²) in [6.07, 6.45) is 0. The average Bonchev–Trinajstić information content (AvgIpc) is 2.30.